The number of anilines is 1. The van der Waals surface area contributed by atoms with Crippen LogP contribution in [0.4, 0.5) is 10.1 Å². The molecule has 0 aliphatic rings. The second-order valence-corrected chi connectivity index (χ2v) is 8.15. The van der Waals surface area contributed by atoms with Crippen LogP contribution in [0.5, 0.6) is 0 Å². The molecule has 0 fully saturated rings. The van der Waals surface area contributed by atoms with Gasteiger partial charge in [0.2, 0.25) is 10.0 Å². The first-order chi connectivity index (χ1) is 9.81. The fourth-order valence-corrected chi connectivity index (χ4v) is 4.01. The van der Waals surface area contributed by atoms with E-state index in [2.05, 4.69) is 20.7 Å². The summed E-state index contributed by atoms with van der Waals surface area (Å²) >= 11 is 10.3. The zero-order valence-electron chi connectivity index (χ0n) is 10.9. The lowest BCUT2D eigenvalue weighted by Gasteiger charge is -2.11. The first-order valence-electron chi connectivity index (χ1n) is 5.92. The Morgan fingerprint density at radius 1 is 1.48 bits per heavy atom. The summed E-state index contributed by atoms with van der Waals surface area (Å²) in [6.45, 7) is 0.242. The highest BCUT2D eigenvalue weighted by Crippen LogP contribution is 2.34. The summed E-state index contributed by atoms with van der Waals surface area (Å²) in [5.41, 5.74) is 5.12. The Hall–Kier alpha value is -0.0600. The molecule has 0 bridgehead atoms. The number of benzene rings is 1. The number of nitrogens with one attached hydrogen (secondary N) is 1. The second kappa shape index (κ2) is 8.54. The molecule has 0 aliphatic heterocycles. The van der Waals surface area contributed by atoms with Crippen LogP contribution in [0.3, 0.4) is 0 Å². The number of halogens is 3. The van der Waals surface area contributed by atoms with Gasteiger partial charge in [-0.3, -0.25) is 0 Å². The molecule has 0 atom stereocenters. The van der Waals surface area contributed by atoms with Crippen LogP contribution in [0.25, 0.3) is 0 Å². The van der Waals surface area contributed by atoms with Crippen molar-refractivity contribution in [3.63, 3.8) is 0 Å². The van der Waals surface area contributed by atoms with Gasteiger partial charge in [-0.05, 0) is 34.2 Å². The van der Waals surface area contributed by atoms with E-state index in [1.54, 1.807) is 0 Å². The second-order valence-electron chi connectivity index (χ2n) is 3.99. The fraction of sp³-hybridized carbons (Fsp3) is 0.455. The molecule has 0 amide bonds. The maximum absolute atomic E-state index is 13.9. The largest absolute Gasteiger partial charge is 0.396 e. The minimum atomic E-state index is -4.02. The molecular formula is C11H15BrClFN2O3S2. The summed E-state index contributed by atoms with van der Waals surface area (Å²) in [7, 11) is -4.02. The summed E-state index contributed by atoms with van der Waals surface area (Å²) in [5.74, 6) is 0.205. The van der Waals surface area contributed by atoms with Gasteiger partial charge in [-0.15, -0.1) is 0 Å². The van der Waals surface area contributed by atoms with Crippen LogP contribution in [-0.2, 0) is 10.0 Å². The third-order valence-corrected chi connectivity index (χ3v) is 6.34. The van der Waals surface area contributed by atoms with Crippen LogP contribution in [0, 0.1) is 5.82 Å². The van der Waals surface area contributed by atoms with E-state index in [-0.39, 0.29) is 28.3 Å². The fourth-order valence-electron chi connectivity index (χ4n) is 1.39. The molecule has 1 aromatic carbocycles. The molecule has 0 radical (unpaired) electrons. The highest BCUT2D eigenvalue weighted by Gasteiger charge is 2.23. The van der Waals surface area contributed by atoms with E-state index in [1.807, 2.05) is 0 Å². The maximum Gasteiger partial charge on any atom is 0.243 e. The standard InChI is InChI=1S/C11H15BrClFN2O3S2/c12-9-7(13)6-8(10(14)11(9)15)21(18,19)16-2-5-20-4-1-3-17/h6,16-17H,1-5,15H2. The van der Waals surface area contributed by atoms with Crippen LogP contribution in [-0.4, -0.2) is 38.2 Å². The van der Waals surface area contributed by atoms with Gasteiger partial charge in [0.05, 0.1) is 15.2 Å². The number of aliphatic hydroxyl groups is 1. The van der Waals surface area contributed by atoms with Crippen LogP contribution in [0.2, 0.25) is 5.02 Å². The zero-order chi connectivity index (χ0) is 16.0. The number of hydrogen-bond acceptors (Lipinski definition) is 5. The molecule has 5 nitrogen and oxygen atoms in total. The van der Waals surface area contributed by atoms with Gasteiger partial charge in [0.1, 0.15) is 4.90 Å². The number of sulfonamides is 1. The van der Waals surface area contributed by atoms with Crippen molar-refractivity contribution < 1.29 is 17.9 Å². The number of nitrogens with two attached hydrogens (primary N) is 1. The minimum Gasteiger partial charge on any atom is -0.396 e. The minimum absolute atomic E-state index is 0.0200. The maximum atomic E-state index is 13.9. The number of thioether (sulfide) groups is 1. The summed E-state index contributed by atoms with van der Waals surface area (Å²) < 4.78 is 40.4. The lowest BCUT2D eigenvalue weighted by atomic mass is 10.3. The molecule has 0 saturated carbocycles. The predicted octanol–water partition coefficient (Wildman–Crippen LogP) is 2.22. The van der Waals surface area contributed by atoms with Crippen molar-refractivity contribution in [1.82, 2.24) is 4.72 Å². The number of rotatable bonds is 8. The molecule has 1 rings (SSSR count). The molecule has 0 spiro atoms. The van der Waals surface area contributed by atoms with Crippen molar-refractivity contribution >= 4 is 55.0 Å². The molecular weight excluding hydrogens is 407 g/mol. The van der Waals surface area contributed by atoms with Crippen LogP contribution in [0.15, 0.2) is 15.4 Å². The Morgan fingerprint density at radius 3 is 2.76 bits per heavy atom. The topological polar surface area (TPSA) is 92.4 Å². The first-order valence-corrected chi connectivity index (χ1v) is 9.73. The van der Waals surface area contributed by atoms with E-state index < -0.39 is 20.7 Å². The van der Waals surface area contributed by atoms with Crippen LogP contribution in [0.1, 0.15) is 6.42 Å². The van der Waals surface area contributed by atoms with E-state index in [0.717, 1.165) is 11.8 Å². The quantitative estimate of drug-likeness (QED) is 0.340. The van der Waals surface area contributed by atoms with Gasteiger partial charge in [0.25, 0.3) is 0 Å². The third kappa shape index (κ3) is 5.26. The van der Waals surface area contributed by atoms with Crippen molar-refractivity contribution in [2.24, 2.45) is 0 Å². The lowest BCUT2D eigenvalue weighted by molar-refractivity contribution is 0.296. The van der Waals surface area contributed by atoms with Gasteiger partial charge in [0, 0.05) is 18.9 Å². The SMILES string of the molecule is Nc1c(F)c(S(=O)(=O)NCCSCCCO)cc(Cl)c1Br. The monoisotopic (exact) mass is 420 g/mol. The molecule has 0 aliphatic carbocycles. The molecule has 0 aromatic heterocycles. The molecule has 0 heterocycles. The molecule has 1 aromatic rings. The van der Waals surface area contributed by atoms with E-state index in [9.17, 15) is 12.8 Å². The average Bonchev–Trinajstić information content (AvgIpc) is 2.44. The van der Waals surface area contributed by atoms with E-state index in [0.29, 0.717) is 12.2 Å². The van der Waals surface area contributed by atoms with Crippen molar-refractivity contribution in [1.29, 1.82) is 0 Å². The summed E-state index contributed by atoms with van der Waals surface area (Å²) in [6, 6.07) is 1.01. The average molecular weight is 422 g/mol. The zero-order valence-corrected chi connectivity index (χ0v) is 14.9. The van der Waals surface area contributed by atoms with Crippen molar-refractivity contribution in [3.8, 4) is 0 Å². The Bertz CT molecular complexity index is 602. The van der Waals surface area contributed by atoms with Gasteiger partial charge in [0.15, 0.2) is 5.82 Å². The van der Waals surface area contributed by atoms with Gasteiger partial charge in [-0.2, -0.15) is 11.8 Å². The molecule has 0 unspecified atom stereocenters. The van der Waals surface area contributed by atoms with Gasteiger partial charge in [-0.25, -0.2) is 17.5 Å². The Kier molecular flexibility index (Phi) is 7.72. The summed E-state index contributed by atoms with van der Waals surface area (Å²) in [6.07, 6.45) is 0.644. The molecule has 120 valence electrons. The van der Waals surface area contributed by atoms with E-state index in [1.165, 1.54) is 11.8 Å². The molecule has 10 heteroatoms. The first kappa shape index (κ1) is 19.0. The van der Waals surface area contributed by atoms with Gasteiger partial charge < -0.3 is 10.8 Å². The summed E-state index contributed by atoms with van der Waals surface area (Å²) in [5, 5.41) is 8.63. The lowest BCUT2D eigenvalue weighted by Crippen LogP contribution is -2.27. The Labute approximate surface area is 140 Å². The Balaban J connectivity index is 2.75. The number of hydrogen-bond donors (Lipinski definition) is 3. The highest BCUT2D eigenvalue weighted by atomic mass is 79.9. The van der Waals surface area contributed by atoms with Crippen molar-refractivity contribution in [3.05, 3.63) is 21.4 Å². The summed E-state index contributed by atoms with van der Waals surface area (Å²) in [4.78, 5) is -0.575. The molecule has 0 saturated heterocycles. The Morgan fingerprint density at radius 2 is 2.14 bits per heavy atom. The molecule has 21 heavy (non-hydrogen) atoms. The predicted molar refractivity (Wildman–Crippen MR) is 87.7 cm³/mol. The number of nitrogen functional groups attached to an aromatic ring is 1. The van der Waals surface area contributed by atoms with E-state index >= 15 is 0 Å². The third-order valence-electron chi connectivity index (χ3n) is 2.43. The van der Waals surface area contributed by atoms with E-state index in [4.69, 9.17) is 22.4 Å². The van der Waals surface area contributed by atoms with Crippen LogP contribution < -0.4 is 10.5 Å². The number of aliphatic hydroxyl groups excluding tert-OH is 1. The molecule has 4 N–H and O–H groups in total. The van der Waals surface area contributed by atoms with Crippen molar-refractivity contribution in [2.45, 2.75) is 11.3 Å². The smallest absolute Gasteiger partial charge is 0.243 e. The normalized spacial score (nSPS) is 11.8. The highest BCUT2D eigenvalue weighted by molar-refractivity contribution is 9.10. The van der Waals surface area contributed by atoms with Gasteiger partial charge in [-0.1, -0.05) is 11.6 Å². The van der Waals surface area contributed by atoms with Gasteiger partial charge >= 0.3 is 0 Å². The van der Waals surface area contributed by atoms with Crippen molar-refractivity contribution in [2.75, 3.05) is 30.4 Å². The van der Waals surface area contributed by atoms with Crippen LogP contribution >= 0.6 is 39.3 Å².